The molecule has 0 aliphatic carbocycles. The molecule has 9 heteroatoms. The minimum atomic E-state index is -0.680. The Hall–Kier alpha value is -2.87. The SMILES string of the molecule is C=C/C1=N\c2c(cnn2C)C(=O)NCCOc2ccc(F)c(Cl)c2[C@@H](C)O1. The molecular formula is C18H18ClFN4O3. The molecule has 0 bridgehead atoms. The van der Waals surface area contributed by atoms with Crippen molar-refractivity contribution in [3.63, 3.8) is 0 Å². The normalized spacial score (nSPS) is 19.5. The fourth-order valence-electron chi connectivity index (χ4n) is 2.66. The zero-order chi connectivity index (χ0) is 19.6. The summed E-state index contributed by atoms with van der Waals surface area (Å²) in [5, 5.41) is 6.70. The van der Waals surface area contributed by atoms with Crippen molar-refractivity contribution in [2.75, 3.05) is 13.2 Å². The van der Waals surface area contributed by atoms with Crippen molar-refractivity contribution in [3.05, 3.63) is 53.0 Å². The van der Waals surface area contributed by atoms with Crippen LogP contribution < -0.4 is 10.1 Å². The highest BCUT2D eigenvalue weighted by Gasteiger charge is 2.23. The number of aryl methyl sites for hydroxylation is 1. The van der Waals surface area contributed by atoms with Gasteiger partial charge in [0.25, 0.3) is 5.91 Å². The lowest BCUT2D eigenvalue weighted by Gasteiger charge is -2.20. The summed E-state index contributed by atoms with van der Waals surface area (Å²) in [7, 11) is 1.66. The minimum absolute atomic E-state index is 0.0939. The van der Waals surface area contributed by atoms with Crippen LogP contribution in [0.3, 0.4) is 0 Å². The second-order valence-electron chi connectivity index (χ2n) is 5.80. The van der Waals surface area contributed by atoms with Crippen LogP contribution in [-0.4, -0.2) is 34.7 Å². The molecule has 1 aliphatic rings. The maximum atomic E-state index is 14.0. The number of halogens is 2. The van der Waals surface area contributed by atoms with Crippen molar-refractivity contribution in [1.29, 1.82) is 0 Å². The number of rotatable bonds is 1. The van der Waals surface area contributed by atoms with Crippen molar-refractivity contribution in [3.8, 4) is 5.75 Å². The van der Waals surface area contributed by atoms with Gasteiger partial charge in [0.2, 0.25) is 5.90 Å². The third-order valence-electron chi connectivity index (χ3n) is 3.98. The average molecular weight is 393 g/mol. The van der Waals surface area contributed by atoms with Gasteiger partial charge in [0.05, 0.1) is 23.3 Å². The zero-order valence-corrected chi connectivity index (χ0v) is 15.6. The Bertz CT molecular complexity index is 926. The topological polar surface area (TPSA) is 77.7 Å². The summed E-state index contributed by atoms with van der Waals surface area (Å²) in [5.74, 6) is -0.132. The quantitative estimate of drug-likeness (QED) is 0.807. The van der Waals surface area contributed by atoms with Crippen LogP contribution in [0.1, 0.15) is 28.9 Å². The van der Waals surface area contributed by atoms with Crippen LogP contribution in [0, 0.1) is 5.82 Å². The second-order valence-corrected chi connectivity index (χ2v) is 6.18. The molecule has 0 unspecified atom stereocenters. The van der Waals surface area contributed by atoms with Gasteiger partial charge in [-0.15, -0.1) is 0 Å². The molecular weight excluding hydrogens is 375 g/mol. The lowest BCUT2D eigenvalue weighted by Crippen LogP contribution is -2.28. The van der Waals surface area contributed by atoms with Crippen molar-refractivity contribution >= 4 is 29.2 Å². The van der Waals surface area contributed by atoms with E-state index in [0.717, 1.165) is 0 Å². The average Bonchev–Trinajstić information content (AvgIpc) is 3.00. The van der Waals surface area contributed by atoms with Gasteiger partial charge < -0.3 is 14.8 Å². The number of hydrogen-bond acceptors (Lipinski definition) is 5. The largest absolute Gasteiger partial charge is 0.491 e. The molecule has 1 aromatic heterocycles. The van der Waals surface area contributed by atoms with E-state index in [-0.39, 0.29) is 35.5 Å². The number of fused-ring (bicyclic) bond motifs is 2. The maximum Gasteiger partial charge on any atom is 0.256 e. The number of ether oxygens (including phenoxy) is 2. The molecule has 0 fully saturated rings. The standard InChI is InChI=1S/C18H18ClFN4O3/c1-4-14-23-17-11(9-22-24(17)3)18(25)21-7-8-26-13-6-5-12(20)16(19)15(13)10(2)27-14/h4-6,9-10H,1,7-8H2,2-3H3,(H,21,25)/b23-14+/t10-/m1/s1. The van der Waals surface area contributed by atoms with Crippen LogP contribution in [0.25, 0.3) is 0 Å². The molecule has 2 heterocycles. The van der Waals surface area contributed by atoms with Gasteiger partial charge in [-0.2, -0.15) is 10.1 Å². The third kappa shape index (κ3) is 3.80. The fourth-order valence-corrected chi connectivity index (χ4v) is 2.97. The molecule has 142 valence electrons. The van der Waals surface area contributed by atoms with Gasteiger partial charge in [-0.25, -0.2) is 4.39 Å². The van der Waals surface area contributed by atoms with E-state index in [1.807, 2.05) is 0 Å². The maximum absolute atomic E-state index is 14.0. The molecule has 0 saturated carbocycles. The lowest BCUT2D eigenvalue weighted by molar-refractivity contribution is 0.0947. The van der Waals surface area contributed by atoms with E-state index in [4.69, 9.17) is 21.1 Å². The number of hydrogen-bond donors (Lipinski definition) is 1. The molecule has 0 spiro atoms. The highest BCUT2D eigenvalue weighted by atomic mass is 35.5. The van der Waals surface area contributed by atoms with Gasteiger partial charge in [0.15, 0.2) is 5.82 Å². The van der Waals surface area contributed by atoms with Gasteiger partial charge in [0.1, 0.15) is 29.8 Å². The van der Waals surface area contributed by atoms with E-state index in [2.05, 4.69) is 22.0 Å². The van der Waals surface area contributed by atoms with Crippen LogP contribution >= 0.6 is 11.6 Å². The van der Waals surface area contributed by atoms with Gasteiger partial charge in [0, 0.05) is 7.05 Å². The molecule has 1 aromatic carbocycles. The van der Waals surface area contributed by atoms with Gasteiger partial charge in [-0.05, 0) is 25.1 Å². The van der Waals surface area contributed by atoms with Gasteiger partial charge in [-0.1, -0.05) is 18.2 Å². The van der Waals surface area contributed by atoms with Crippen molar-refractivity contribution in [2.45, 2.75) is 13.0 Å². The fraction of sp³-hybridized carbons (Fsp3) is 0.278. The number of aliphatic imine (C=N–C) groups is 1. The van der Waals surface area contributed by atoms with E-state index >= 15 is 0 Å². The first-order chi connectivity index (χ1) is 12.9. The predicted molar refractivity (Wildman–Crippen MR) is 99.2 cm³/mol. The van der Waals surface area contributed by atoms with Crippen molar-refractivity contribution < 1.29 is 18.7 Å². The van der Waals surface area contributed by atoms with Crippen molar-refractivity contribution in [2.24, 2.45) is 12.0 Å². The Morgan fingerprint density at radius 1 is 1.48 bits per heavy atom. The highest BCUT2D eigenvalue weighted by molar-refractivity contribution is 6.31. The molecule has 3 rings (SSSR count). The van der Waals surface area contributed by atoms with E-state index < -0.39 is 11.9 Å². The number of carbonyl (C=O) groups excluding carboxylic acids is 1. The monoisotopic (exact) mass is 392 g/mol. The van der Waals surface area contributed by atoms with Crippen molar-refractivity contribution in [1.82, 2.24) is 15.1 Å². The summed E-state index contributed by atoms with van der Waals surface area (Å²) in [6.07, 6.45) is 2.12. The smallest absolute Gasteiger partial charge is 0.256 e. The minimum Gasteiger partial charge on any atom is -0.491 e. The summed E-state index contributed by atoms with van der Waals surface area (Å²) in [6.45, 7) is 5.77. The molecule has 2 aromatic rings. The van der Waals surface area contributed by atoms with Gasteiger partial charge in [-0.3, -0.25) is 9.48 Å². The van der Waals surface area contributed by atoms with Gasteiger partial charge >= 0.3 is 0 Å². The van der Waals surface area contributed by atoms with E-state index in [9.17, 15) is 9.18 Å². The summed E-state index contributed by atoms with van der Waals surface area (Å²) < 4.78 is 26.9. The first kappa shape index (κ1) is 18.9. The Balaban J connectivity index is 2.09. The molecule has 1 N–H and O–H groups in total. The number of nitrogens with zero attached hydrogens (tertiary/aromatic N) is 3. The number of carbonyl (C=O) groups is 1. The number of aromatic nitrogens is 2. The molecule has 0 radical (unpaired) electrons. The van der Waals surface area contributed by atoms with E-state index in [1.54, 1.807) is 14.0 Å². The molecule has 1 amide bonds. The van der Waals surface area contributed by atoms with Crippen LogP contribution in [0.5, 0.6) is 5.75 Å². The highest BCUT2D eigenvalue weighted by Crippen LogP contribution is 2.36. The molecule has 0 saturated heterocycles. The van der Waals surface area contributed by atoms with Crippen LogP contribution in [0.15, 0.2) is 36.0 Å². The molecule has 1 aliphatic heterocycles. The zero-order valence-electron chi connectivity index (χ0n) is 14.8. The van der Waals surface area contributed by atoms with E-state index in [1.165, 1.54) is 29.1 Å². The Labute approximate surface area is 160 Å². The summed E-state index contributed by atoms with van der Waals surface area (Å²) in [4.78, 5) is 16.7. The molecule has 7 nitrogen and oxygen atoms in total. The predicted octanol–water partition coefficient (Wildman–Crippen LogP) is 3.33. The third-order valence-corrected chi connectivity index (χ3v) is 4.37. The van der Waals surface area contributed by atoms with Crippen LogP contribution in [0.2, 0.25) is 5.02 Å². The number of amides is 1. The molecule has 1 atom stereocenters. The van der Waals surface area contributed by atoms with Crippen LogP contribution in [0.4, 0.5) is 10.2 Å². The number of benzene rings is 1. The first-order valence-electron chi connectivity index (χ1n) is 8.21. The Kier molecular flexibility index (Phi) is 5.46. The lowest BCUT2D eigenvalue weighted by atomic mass is 10.1. The molecule has 27 heavy (non-hydrogen) atoms. The summed E-state index contributed by atoms with van der Waals surface area (Å²) in [6, 6.07) is 2.69. The second kappa shape index (κ2) is 7.79. The van der Waals surface area contributed by atoms with E-state index in [0.29, 0.717) is 17.1 Å². The summed E-state index contributed by atoms with van der Waals surface area (Å²) >= 11 is 6.15. The Morgan fingerprint density at radius 3 is 3.00 bits per heavy atom. The summed E-state index contributed by atoms with van der Waals surface area (Å²) in [5.41, 5.74) is 0.635. The van der Waals surface area contributed by atoms with Crippen LogP contribution in [-0.2, 0) is 11.8 Å². The first-order valence-corrected chi connectivity index (χ1v) is 8.58. The number of nitrogens with one attached hydrogen (secondary N) is 1. The Morgan fingerprint density at radius 2 is 2.26 bits per heavy atom.